The third kappa shape index (κ3) is 5.48. The first kappa shape index (κ1) is 24.2. The van der Waals surface area contributed by atoms with Crippen LogP contribution < -0.4 is 5.32 Å². The zero-order chi connectivity index (χ0) is 23.5. The van der Waals surface area contributed by atoms with E-state index >= 15 is 4.39 Å². The number of amides is 2. The maximum absolute atomic E-state index is 15.6. The Kier molecular flexibility index (Phi) is 7.26. The number of carbonyl (C=O) groups is 1. The normalized spacial score (nSPS) is 17.2. The Bertz CT molecular complexity index is 948. The summed E-state index contributed by atoms with van der Waals surface area (Å²) in [4.78, 5) is 17.9. The molecule has 174 valence electrons. The highest BCUT2D eigenvalue weighted by atomic mass is 35.5. The van der Waals surface area contributed by atoms with Crippen molar-refractivity contribution in [2.75, 3.05) is 32.1 Å². The molecule has 1 atom stereocenters. The molecule has 0 radical (unpaired) electrons. The monoisotopic (exact) mass is 475 g/mol. The number of anilines is 1. The fraction of sp³-hybridized carbons (Fsp3) is 0.429. The van der Waals surface area contributed by atoms with Crippen molar-refractivity contribution < 1.29 is 32.2 Å². The first-order chi connectivity index (χ1) is 15.0. The van der Waals surface area contributed by atoms with Gasteiger partial charge in [-0.25, -0.2) is 9.18 Å². The quantitative estimate of drug-likeness (QED) is 0.602. The summed E-state index contributed by atoms with van der Waals surface area (Å²) < 4.78 is 58.4. The van der Waals surface area contributed by atoms with Crippen LogP contribution in [-0.4, -0.2) is 47.8 Å². The summed E-state index contributed by atoms with van der Waals surface area (Å²) >= 11 is 6.22. The number of urea groups is 1. The fourth-order valence-corrected chi connectivity index (χ4v) is 3.81. The van der Waals surface area contributed by atoms with Crippen LogP contribution >= 0.6 is 11.6 Å². The Morgan fingerprint density at radius 3 is 2.47 bits per heavy atom. The number of ether oxygens (including phenoxy) is 1. The van der Waals surface area contributed by atoms with E-state index in [-0.39, 0.29) is 48.9 Å². The minimum Gasteiger partial charge on any atom is -0.386 e. The van der Waals surface area contributed by atoms with Crippen molar-refractivity contribution in [3.05, 3.63) is 58.4 Å². The minimum absolute atomic E-state index is 0.0373. The Labute approximate surface area is 187 Å². The highest BCUT2D eigenvalue weighted by Gasteiger charge is 2.40. The first-order valence-corrected chi connectivity index (χ1v) is 10.2. The number of aromatic nitrogens is 1. The Hall–Kier alpha value is -2.43. The second-order valence-corrected chi connectivity index (χ2v) is 7.94. The molecule has 1 aromatic carbocycles. The van der Waals surface area contributed by atoms with Crippen molar-refractivity contribution in [2.24, 2.45) is 0 Å². The van der Waals surface area contributed by atoms with Crippen molar-refractivity contribution >= 4 is 23.3 Å². The van der Waals surface area contributed by atoms with Crippen LogP contribution in [0, 0.1) is 0 Å². The lowest BCUT2D eigenvalue weighted by molar-refractivity contribution is -0.137. The molecule has 1 saturated heterocycles. The highest BCUT2D eigenvalue weighted by molar-refractivity contribution is 6.31. The van der Waals surface area contributed by atoms with Gasteiger partial charge >= 0.3 is 12.2 Å². The summed E-state index contributed by atoms with van der Waals surface area (Å²) in [5, 5.41) is 12.5. The molecule has 1 aromatic heterocycles. The molecule has 2 amide bonds. The number of aliphatic hydroxyl groups is 1. The smallest absolute Gasteiger partial charge is 0.386 e. The summed E-state index contributed by atoms with van der Waals surface area (Å²) in [5.74, 6) is 0. The van der Waals surface area contributed by atoms with Crippen LogP contribution in [0.25, 0.3) is 0 Å². The molecule has 6 nitrogen and oxygen atoms in total. The lowest BCUT2D eigenvalue weighted by Crippen LogP contribution is -2.45. The fourth-order valence-electron chi connectivity index (χ4n) is 3.46. The average Bonchev–Trinajstić information content (AvgIpc) is 2.74. The topological polar surface area (TPSA) is 74.7 Å². The van der Waals surface area contributed by atoms with Gasteiger partial charge < -0.3 is 20.1 Å². The van der Waals surface area contributed by atoms with Crippen LogP contribution in [0.1, 0.15) is 35.8 Å². The van der Waals surface area contributed by atoms with E-state index < -0.39 is 29.5 Å². The van der Waals surface area contributed by atoms with Gasteiger partial charge in [-0.2, -0.15) is 13.2 Å². The predicted molar refractivity (Wildman–Crippen MR) is 110 cm³/mol. The lowest BCUT2D eigenvalue weighted by Gasteiger charge is -2.36. The standard InChI is InChI=1S/C21H22ClF4N3O3/c1-32-12-17(30)13-10-16(22)18(27-11-13)20(23)6-8-29(9-7-20)19(31)28-15-4-2-14(3-5-15)21(24,25)26/h2-5,10-11,17,30H,6-9,12H2,1H3,(H,28,31)/t17-/m0/s1. The van der Waals surface area contributed by atoms with E-state index in [0.29, 0.717) is 5.56 Å². The second-order valence-electron chi connectivity index (χ2n) is 7.53. The van der Waals surface area contributed by atoms with Gasteiger partial charge in [0.2, 0.25) is 0 Å². The summed E-state index contributed by atoms with van der Waals surface area (Å²) in [6, 6.07) is 4.97. The van der Waals surface area contributed by atoms with Crippen molar-refractivity contribution in [3.8, 4) is 0 Å². The minimum atomic E-state index is -4.46. The average molecular weight is 476 g/mol. The number of methoxy groups -OCH3 is 1. The summed E-state index contributed by atoms with van der Waals surface area (Å²) in [5.41, 5.74) is -2.03. The number of nitrogens with one attached hydrogen (secondary N) is 1. The van der Waals surface area contributed by atoms with Gasteiger partial charge in [-0.05, 0) is 30.3 Å². The van der Waals surface area contributed by atoms with Gasteiger partial charge in [0.25, 0.3) is 0 Å². The predicted octanol–water partition coefficient (Wildman–Crippen LogP) is 4.93. The van der Waals surface area contributed by atoms with E-state index in [4.69, 9.17) is 16.3 Å². The van der Waals surface area contributed by atoms with Gasteiger partial charge in [0.1, 0.15) is 6.10 Å². The van der Waals surface area contributed by atoms with Gasteiger partial charge in [-0.3, -0.25) is 4.98 Å². The number of piperidine rings is 1. The molecule has 11 heteroatoms. The molecule has 0 bridgehead atoms. The number of pyridine rings is 1. The largest absolute Gasteiger partial charge is 0.416 e. The summed E-state index contributed by atoms with van der Waals surface area (Å²) in [6.45, 7) is 0.172. The van der Waals surface area contributed by atoms with E-state index in [2.05, 4.69) is 10.3 Å². The first-order valence-electron chi connectivity index (χ1n) is 9.78. The maximum Gasteiger partial charge on any atom is 0.416 e. The molecule has 0 spiro atoms. The number of carbonyl (C=O) groups excluding carboxylic acids is 1. The zero-order valence-electron chi connectivity index (χ0n) is 17.1. The molecule has 0 saturated carbocycles. The zero-order valence-corrected chi connectivity index (χ0v) is 17.9. The van der Waals surface area contributed by atoms with Gasteiger partial charge in [0.15, 0.2) is 5.67 Å². The van der Waals surface area contributed by atoms with Crippen LogP contribution in [0.3, 0.4) is 0 Å². The van der Waals surface area contributed by atoms with Crippen LogP contribution in [0.2, 0.25) is 5.02 Å². The molecule has 3 rings (SSSR count). The number of alkyl halides is 4. The van der Waals surface area contributed by atoms with Crippen molar-refractivity contribution in [1.29, 1.82) is 0 Å². The third-order valence-corrected chi connectivity index (χ3v) is 5.59. The Morgan fingerprint density at radius 2 is 1.94 bits per heavy atom. The number of hydrogen-bond donors (Lipinski definition) is 2. The second kappa shape index (κ2) is 9.60. The maximum atomic E-state index is 15.6. The van der Waals surface area contributed by atoms with Crippen LogP contribution in [-0.2, 0) is 16.6 Å². The van der Waals surface area contributed by atoms with Crippen LogP contribution in [0.5, 0.6) is 0 Å². The number of likely N-dealkylation sites (tertiary alicyclic amines) is 1. The van der Waals surface area contributed by atoms with Crippen molar-refractivity contribution in [1.82, 2.24) is 9.88 Å². The number of nitrogens with zero attached hydrogens (tertiary/aromatic N) is 2. The van der Waals surface area contributed by atoms with Gasteiger partial charge in [-0.15, -0.1) is 0 Å². The highest BCUT2D eigenvalue weighted by Crippen LogP contribution is 2.40. The molecule has 1 fully saturated rings. The van der Waals surface area contributed by atoms with E-state index in [0.717, 1.165) is 24.3 Å². The Balaban J connectivity index is 1.62. The number of rotatable bonds is 5. The molecule has 2 aromatic rings. The molecule has 0 aliphatic carbocycles. The molecular weight excluding hydrogens is 454 g/mol. The number of aliphatic hydroxyl groups excluding tert-OH is 1. The molecule has 0 unspecified atom stereocenters. The lowest BCUT2D eigenvalue weighted by atomic mass is 9.89. The molecule has 2 heterocycles. The van der Waals surface area contributed by atoms with Crippen LogP contribution in [0.15, 0.2) is 36.5 Å². The van der Waals surface area contributed by atoms with Gasteiger partial charge in [0, 0.05) is 50.5 Å². The number of halogens is 5. The molecule has 1 aliphatic heterocycles. The number of benzene rings is 1. The van der Waals surface area contributed by atoms with E-state index in [1.165, 1.54) is 24.3 Å². The molecular formula is C21H22ClF4N3O3. The van der Waals surface area contributed by atoms with E-state index in [1.807, 2.05) is 0 Å². The SMILES string of the molecule is COC[C@H](O)c1cnc(C2(F)CCN(C(=O)Nc3ccc(C(F)(F)F)cc3)CC2)c(Cl)c1. The van der Waals surface area contributed by atoms with Gasteiger partial charge in [0.05, 0.1) is 22.9 Å². The molecule has 2 N–H and O–H groups in total. The van der Waals surface area contributed by atoms with Crippen LogP contribution in [0.4, 0.5) is 28.0 Å². The van der Waals surface area contributed by atoms with Crippen molar-refractivity contribution in [2.45, 2.75) is 30.8 Å². The molecule has 1 aliphatic rings. The third-order valence-electron chi connectivity index (χ3n) is 5.30. The van der Waals surface area contributed by atoms with E-state index in [9.17, 15) is 23.1 Å². The van der Waals surface area contributed by atoms with Crippen molar-refractivity contribution in [3.63, 3.8) is 0 Å². The number of hydrogen-bond acceptors (Lipinski definition) is 4. The van der Waals surface area contributed by atoms with E-state index in [1.54, 1.807) is 0 Å². The summed E-state index contributed by atoms with van der Waals surface area (Å²) in [7, 11) is 1.44. The summed E-state index contributed by atoms with van der Waals surface area (Å²) in [6.07, 6.45) is -4.17. The molecule has 32 heavy (non-hydrogen) atoms. The Morgan fingerprint density at radius 1 is 1.31 bits per heavy atom. The van der Waals surface area contributed by atoms with Gasteiger partial charge in [-0.1, -0.05) is 11.6 Å².